The molecular weight excluding hydrogens is 463 g/mol. The van der Waals surface area contributed by atoms with Crippen molar-refractivity contribution in [1.29, 1.82) is 0 Å². The van der Waals surface area contributed by atoms with E-state index in [9.17, 15) is 9.59 Å². The second-order valence-corrected chi connectivity index (χ2v) is 7.53. The Morgan fingerprint density at radius 2 is 1.15 bits per heavy atom. The van der Waals surface area contributed by atoms with Crippen LogP contribution in [0.25, 0.3) is 32.3 Å². The number of aromatic carboxylic acids is 2. The topological polar surface area (TPSA) is 106 Å². The summed E-state index contributed by atoms with van der Waals surface area (Å²) in [6.45, 7) is 0. The van der Waals surface area contributed by atoms with Crippen molar-refractivity contribution >= 4 is 56.9 Å². The molecule has 0 amide bonds. The Morgan fingerprint density at radius 1 is 0.636 bits per heavy atom. The van der Waals surface area contributed by atoms with E-state index in [1.165, 1.54) is 50.5 Å². The van der Waals surface area contributed by atoms with Crippen LogP contribution in [0.1, 0.15) is 22.1 Å². The molecule has 5 rings (SSSR count). The summed E-state index contributed by atoms with van der Waals surface area (Å²) in [4.78, 5) is 21.8. The molecule has 7 heteroatoms. The summed E-state index contributed by atoms with van der Waals surface area (Å²) in [5.74, 6) is -2.25. The minimum atomic E-state index is -1.13. The minimum Gasteiger partial charge on any atom is -1.00 e. The van der Waals surface area contributed by atoms with Crippen LogP contribution in [0.5, 0.6) is 0 Å². The molecule has 0 fully saturated rings. The van der Waals surface area contributed by atoms with E-state index in [4.69, 9.17) is 10.2 Å². The molecule has 0 aliphatic carbocycles. The molecular formula is C26H21KO5S. The third-order valence-corrected chi connectivity index (χ3v) is 5.43. The molecule has 0 unspecified atom stereocenters. The number of benzene rings is 5. The molecule has 33 heavy (non-hydrogen) atoms. The number of hydrogen-bond donors (Lipinski definition) is 3. The zero-order valence-electron chi connectivity index (χ0n) is 18.8. The van der Waals surface area contributed by atoms with Gasteiger partial charge in [0.25, 0.3) is 0 Å². The van der Waals surface area contributed by atoms with Crippen LogP contribution in [0.4, 0.5) is 0 Å². The fraction of sp³-hybridized carbons (Fsp3) is 0. The zero-order valence-corrected chi connectivity index (χ0v) is 21.8. The Balaban J connectivity index is 0.000000342. The van der Waals surface area contributed by atoms with Crippen molar-refractivity contribution in [3.05, 3.63) is 102 Å². The maximum Gasteiger partial charge on any atom is 1.00 e. The number of fused-ring (bicyclic) bond motifs is 4. The third kappa shape index (κ3) is 6.02. The first-order chi connectivity index (χ1) is 14.9. The molecule has 0 atom stereocenters. The van der Waals surface area contributed by atoms with Crippen molar-refractivity contribution in [1.82, 2.24) is 0 Å². The first-order valence-electron chi connectivity index (χ1n) is 9.54. The molecule has 0 saturated carbocycles. The Kier molecular flexibility index (Phi) is 9.63. The van der Waals surface area contributed by atoms with E-state index in [0.717, 1.165) is 11.0 Å². The molecule has 0 aromatic heterocycles. The molecule has 0 radical (unpaired) electrons. The Labute approximate surface area is 239 Å². The van der Waals surface area contributed by atoms with Crippen molar-refractivity contribution in [3.63, 3.8) is 0 Å². The van der Waals surface area contributed by atoms with Crippen LogP contribution in [-0.4, -0.2) is 27.6 Å². The van der Waals surface area contributed by atoms with Crippen molar-refractivity contribution in [3.8, 4) is 0 Å². The predicted octanol–water partition coefficient (Wildman–Crippen LogP) is 2.81. The number of carboxylic acids is 2. The molecule has 5 aromatic carbocycles. The normalized spacial score (nSPS) is 9.97. The van der Waals surface area contributed by atoms with Crippen molar-refractivity contribution in [2.75, 3.05) is 0 Å². The van der Waals surface area contributed by atoms with E-state index in [0.29, 0.717) is 0 Å². The predicted molar refractivity (Wildman–Crippen MR) is 131 cm³/mol. The van der Waals surface area contributed by atoms with E-state index in [1.54, 1.807) is 0 Å². The standard InChI is InChI=1S/C18H12S.C8H6O4.K.H2O.H/c19-17-7-3-6-12-8-9-15-10-13-4-1-2-5-14(13)11-16(15)18(12)17;9-7(10)5-2-1-3-6(4-5)8(11)12;;;/h1-11,19H;1-4H,(H,9,10)(H,11,12);;1H2;/q;;+1;;-1. The summed E-state index contributed by atoms with van der Waals surface area (Å²) in [5.41, 5.74) is -0.0372. The van der Waals surface area contributed by atoms with Gasteiger partial charge in [0.1, 0.15) is 0 Å². The van der Waals surface area contributed by atoms with Gasteiger partial charge in [-0.15, -0.1) is 12.6 Å². The van der Waals surface area contributed by atoms with Crippen molar-refractivity contribution in [2.45, 2.75) is 4.90 Å². The van der Waals surface area contributed by atoms with Crippen LogP contribution in [0, 0.1) is 0 Å². The fourth-order valence-corrected chi connectivity index (χ4v) is 3.90. The monoisotopic (exact) mass is 484 g/mol. The van der Waals surface area contributed by atoms with Gasteiger partial charge in [0.15, 0.2) is 0 Å². The molecule has 0 aliphatic heterocycles. The average Bonchev–Trinajstić information content (AvgIpc) is 2.78. The Morgan fingerprint density at radius 3 is 1.76 bits per heavy atom. The second-order valence-electron chi connectivity index (χ2n) is 7.05. The van der Waals surface area contributed by atoms with Crippen molar-refractivity contribution < 1.29 is 78.1 Å². The van der Waals surface area contributed by atoms with Gasteiger partial charge in [-0.1, -0.05) is 54.6 Å². The van der Waals surface area contributed by atoms with Crippen molar-refractivity contribution in [2.24, 2.45) is 0 Å². The summed E-state index contributed by atoms with van der Waals surface area (Å²) < 4.78 is 0. The van der Waals surface area contributed by atoms with Gasteiger partial charge in [-0.3, -0.25) is 0 Å². The summed E-state index contributed by atoms with van der Waals surface area (Å²) in [7, 11) is 0. The van der Waals surface area contributed by atoms with Gasteiger partial charge in [0.05, 0.1) is 11.1 Å². The largest absolute Gasteiger partial charge is 1.00 e. The number of rotatable bonds is 2. The smallest absolute Gasteiger partial charge is 1.00 e. The van der Waals surface area contributed by atoms with Crippen LogP contribution in [0.15, 0.2) is 95.9 Å². The van der Waals surface area contributed by atoms with Gasteiger partial charge in [-0.05, 0) is 63.3 Å². The van der Waals surface area contributed by atoms with E-state index in [1.807, 2.05) is 0 Å². The number of hydrogen-bond acceptors (Lipinski definition) is 3. The Bertz CT molecular complexity index is 1440. The molecule has 0 aliphatic rings. The van der Waals surface area contributed by atoms with Crippen LogP contribution < -0.4 is 51.4 Å². The van der Waals surface area contributed by atoms with Crippen LogP contribution in [0.3, 0.4) is 0 Å². The van der Waals surface area contributed by atoms with Gasteiger partial charge in [-0.2, -0.15) is 0 Å². The van der Waals surface area contributed by atoms with Gasteiger partial charge >= 0.3 is 63.3 Å². The van der Waals surface area contributed by atoms with Gasteiger partial charge in [0.2, 0.25) is 0 Å². The van der Waals surface area contributed by atoms with Gasteiger partial charge in [-0.25, -0.2) is 9.59 Å². The first kappa shape index (κ1) is 27.0. The SMILES string of the molecule is O.O=C(O)c1cccc(C(=O)O)c1.Sc1cccc2ccc3cc4ccccc4cc3c12.[H-].[K+]. The summed E-state index contributed by atoms with van der Waals surface area (Å²) in [6, 6.07) is 28.8. The fourth-order valence-electron chi connectivity index (χ4n) is 3.57. The van der Waals surface area contributed by atoms with E-state index in [2.05, 4.69) is 79.4 Å². The quantitative estimate of drug-likeness (QED) is 0.155. The van der Waals surface area contributed by atoms with Gasteiger partial charge in [0, 0.05) is 10.3 Å². The van der Waals surface area contributed by atoms with E-state index < -0.39 is 11.9 Å². The van der Waals surface area contributed by atoms with Crippen LogP contribution in [0.2, 0.25) is 0 Å². The second kappa shape index (κ2) is 11.8. The summed E-state index contributed by atoms with van der Waals surface area (Å²) in [6.07, 6.45) is 0. The zero-order chi connectivity index (χ0) is 22.0. The molecule has 4 N–H and O–H groups in total. The summed E-state index contributed by atoms with van der Waals surface area (Å²) >= 11 is 4.62. The van der Waals surface area contributed by atoms with Gasteiger partial charge < -0.3 is 17.1 Å². The molecule has 0 saturated heterocycles. The van der Waals surface area contributed by atoms with E-state index in [-0.39, 0.29) is 69.4 Å². The minimum absolute atomic E-state index is 0. The molecule has 0 heterocycles. The maximum absolute atomic E-state index is 10.4. The van der Waals surface area contributed by atoms with Crippen LogP contribution >= 0.6 is 12.6 Å². The maximum atomic E-state index is 10.4. The molecule has 5 aromatic rings. The molecule has 0 spiro atoms. The summed E-state index contributed by atoms with van der Waals surface area (Å²) in [5, 5.41) is 24.6. The number of thiol groups is 1. The number of carbonyl (C=O) groups is 2. The molecule has 0 bridgehead atoms. The van der Waals surface area contributed by atoms with E-state index >= 15 is 0 Å². The molecule has 5 nitrogen and oxygen atoms in total. The first-order valence-corrected chi connectivity index (χ1v) is 9.98. The third-order valence-electron chi connectivity index (χ3n) is 5.06. The Hall–Kier alpha value is -2.23. The molecule has 162 valence electrons. The average molecular weight is 485 g/mol. The van der Waals surface area contributed by atoms with Crippen LogP contribution in [-0.2, 0) is 0 Å². The number of carboxylic acid groups (broad SMARTS) is 2.